The molecule has 2 heterocycles. The average molecular weight is 557 g/mol. The van der Waals surface area contributed by atoms with Gasteiger partial charge in [-0.05, 0) is 12.8 Å². The zero-order valence-electron chi connectivity index (χ0n) is 17.0. The van der Waals surface area contributed by atoms with Crippen molar-refractivity contribution in [3.8, 4) is 0 Å². The molecule has 3 unspecified atom stereocenters. The van der Waals surface area contributed by atoms with Gasteiger partial charge in [-0.1, -0.05) is 29.0 Å². The van der Waals surface area contributed by atoms with E-state index in [2.05, 4.69) is 26.4 Å². The maximum Gasteiger partial charge on any atom is 0.315 e. The zero-order chi connectivity index (χ0) is 21.6. The second-order valence-electron chi connectivity index (χ2n) is 7.02. The maximum absolute atomic E-state index is 11.4. The summed E-state index contributed by atoms with van der Waals surface area (Å²) >= 11 is 3.92. The molecule has 3 amide bonds. The van der Waals surface area contributed by atoms with Crippen LogP contribution in [0.25, 0.3) is 0 Å². The second kappa shape index (κ2) is 15.1. The van der Waals surface area contributed by atoms with E-state index in [9.17, 15) is 14.8 Å². The summed E-state index contributed by atoms with van der Waals surface area (Å²) in [6.45, 7) is 2.81. The molecule has 12 heteroatoms. The van der Waals surface area contributed by atoms with Crippen molar-refractivity contribution in [3.63, 3.8) is 0 Å². The van der Waals surface area contributed by atoms with Crippen molar-refractivity contribution in [2.75, 3.05) is 49.7 Å². The Bertz CT molecular complexity index is 571. The molecule has 10 nitrogen and oxygen atoms in total. The third-order valence-electron chi connectivity index (χ3n) is 4.82. The molecule has 3 atom stereocenters. The number of carbonyl (C=O) groups is 2. The van der Waals surface area contributed by atoms with Gasteiger partial charge in [0.1, 0.15) is 5.84 Å². The highest BCUT2D eigenvalue weighted by Crippen LogP contribution is 2.33. The van der Waals surface area contributed by atoms with Gasteiger partial charge in [-0.2, -0.15) is 11.8 Å². The van der Waals surface area contributed by atoms with Crippen LogP contribution in [-0.4, -0.2) is 90.0 Å². The summed E-state index contributed by atoms with van der Waals surface area (Å²) in [5.74, 6) is 1.54. The lowest BCUT2D eigenvalue weighted by Crippen LogP contribution is -2.36. The molecule has 2 rings (SSSR count). The number of halogens is 1. The monoisotopic (exact) mass is 557 g/mol. The smallest absolute Gasteiger partial charge is 0.315 e. The number of hydrogen-bond acceptors (Lipinski definition) is 7. The highest BCUT2D eigenvalue weighted by atomic mass is 127. The summed E-state index contributed by atoms with van der Waals surface area (Å²) in [6, 6.07) is 0.446. The Morgan fingerprint density at radius 1 is 1.23 bits per heavy atom. The summed E-state index contributed by atoms with van der Waals surface area (Å²) in [6.07, 6.45) is 3.66. The summed E-state index contributed by atoms with van der Waals surface area (Å²) in [7, 11) is 0. The zero-order valence-corrected chi connectivity index (χ0v) is 20.0. The van der Waals surface area contributed by atoms with Crippen LogP contribution < -0.4 is 21.4 Å². The molecule has 2 fully saturated rings. The van der Waals surface area contributed by atoms with Crippen LogP contribution >= 0.6 is 34.4 Å². The summed E-state index contributed by atoms with van der Waals surface area (Å²) in [5.41, 5.74) is 2.17. The molecule has 0 aromatic heterocycles. The van der Waals surface area contributed by atoms with E-state index in [-0.39, 0.29) is 24.0 Å². The normalized spacial score (nSPS) is 23.1. The largest absolute Gasteiger partial charge is 0.377 e. The first-order valence-corrected chi connectivity index (χ1v) is 12.8. The number of carbonyl (C=O) groups excluding carboxylic acids is 2. The van der Waals surface area contributed by atoms with Crippen molar-refractivity contribution >= 4 is 52.1 Å². The first-order valence-electron chi connectivity index (χ1n) is 10.2. The van der Waals surface area contributed by atoms with Crippen molar-refractivity contribution < 1.29 is 24.3 Å². The van der Waals surface area contributed by atoms with E-state index in [0.717, 1.165) is 25.0 Å². The molecule has 2 aliphatic heterocycles. The number of unbranched alkanes of at least 4 members (excludes halogenated alkanes) is 1. The molecule has 0 radical (unpaired) electrons. The van der Waals surface area contributed by atoms with E-state index in [1.165, 1.54) is 0 Å². The molecule has 0 aliphatic carbocycles. The fourth-order valence-corrected chi connectivity index (χ4v) is 5.14. The Morgan fingerprint density at radius 2 is 2.03 bits per heavy atom. The van der Waals surface area contributed by atoms with Crippen LogP contribution in [0.4, 0.5) is 4.79 Å². The van der Waals surface area contributed by atoms with Gasteiger partial charge >= 0.3 is 6.03 Å². The lowest BCUT2D eigenvalue weighted by molar-refractivity contribution is -0.118. The van der Waals surface area contributed by atoms with Crippen LogP contribution in [0.5, 0.6) is 0 Å². The molecule has 2 aliphatic rings. The molecule has 0 aromatic carbocycles. The lowest BCUT2D eigenvalue weighted by atomic mass is 10.0. The third-order valence-corrected chi connectivity index (χ3v) is 7.02. The number of nitrogens with zero attached hydrogens (tertiary/aromatic N) is 1. The van der Waals surface area contributed by atoms with E-state index >= 15 is 0 Å². The average Bonchev–Trinajstić information content (AvgIpc) is 3.29. The van der Waals surface area contributed by atoms with Crippen LogP contribution in [0.15, 0.2) is 4.99 Å². The Hall–Kier alpha value is -0.830. The molecular weight excluding hydrogens is 525 g/mol. The minimum absolute atomic E-state index is 0.00674. The Morgan fingerprint density at radius 3 is 2.80 bits per heavy atom. The molecule has 0 bridgehead atoms. The molecule has 5 N–H and O–H groups in total. The van der Waals surface area contributed by atoms with Crippen LogP contribution in [-0.2, 0) is 14.3 Å². The molecule has 172 valence electrons. The Labute approximate surface area is 195 Å². The second-order valence-corrected chi connectivity index (χ2v) is 9.05. The summed E-state index contributed by atoms with van der Waals surface area (Å²) in [4.78, 5) is 26.8. The fraction of sp³-hybridized carbons (Fsp3) is 0.833. The first-order chi connectivity index (χ1) is 14.6. The Kier molecular flexibility index (Phi) is 12.8. The summed E-state index contributed by atoms with van der Waals surface area (Å²) in [5, 5.41) is 18.4. The quantitative estimate of drug-likeness (QED) is 0.0381. The summed E-state index contributed by atoms with van der Waals surface area (Å²) < 4.78 is 11.3. The number of aliphatic imine (C=N–C) groups is 1. The lowest BCUT2D eigenvalue weighted by Gasteiger charge is -2.16. The van der Waals surface area contributed by atoms with Crippen molar-refractivity contribution in [1.82, 2.24) is 21.4 Å². The number of hydroxylamine groups is 1. The van der Waals surface area contributed by atoms with Crippen molar-refractivity contribution in [2.24, 2.45) is 4.99 Å². The number of rotatable bonds is 15. The van der Waals surface area contributed by atoms with Crippen LogP contribution in [0.1, 0.15) is 25.7 Å². The van der Waals surface area contributed by atoms with Crippen molar-refractivity contribution in [2.45, 2.75) is 43.0 Å². The van der Waals surface area contributed by atoms with Crippen LogP contribution in [0.3, 0.4) is 0 Å². The van der Waals surface area contributed by atoms with Gasteiger partial charge in [-0.25, -0.2) is 4.79 Å². The SMILES string of the molecule is O=C(CI)NCCOCCOCCN=C(CCCCC1SCC2NC(=O)NC21)NO. The number of alkyl halides is 1. The molecule has 30 heavy (non-hydrogen) atoms. The van der Waals surface area contributed by atoms with E-state index in [1.807, 2.05) is 34.4 Å². The van der Waals surface area contributed by atoms with Crippen molar-refractivity contribution in [1.29, 1.82) is 0 Å². The highest BCUT2D eigenvalue weighted by Gasteiger charge is 2.42. The van der Waals surface area contributed by atoms with Crippen LogP contribution in [0.2, 0.25) is 0 Å². The molecule has 0 saturated carbocycles. The molecule has 0 aromatic rings. The minimum atomic E-state index is -0.0526. The number of hydrogen-bond donors (Lipinski definition) is 5. The minimum Gasteiger partial charge on any atom is -0.377 e. The van der Waals surface area contributed by atoms with Gasteiger partial charge in [0, 0.05) is 24.0 Å². The predicted octanol–water partition coefficient (Wildman–Crippen LogP) is 0.674. The number of nitrogens with one attached hydrogen (secondary N) is 4. The highest BCUT2D eigenvalue weighted by molar-refractivity contribution is 14.1. The fourth-order valence-electron chi connectivity index (χ4n) is 3.33. The van der Waals surface area contributed by atoms with E-state index in [1.54, 1.807) is 0 Å². The number of amidine groups is 1. The number of ether oxygens (including phenoxy) is 2. The van der Waals surface area contributed by atoms with Crippen molar-refractivity contribution in [3.05, 3.63) is 0 Å². The van der Waals surface area contributed by atoms with Gasteiger partial charge in [0.05, 0.1) is 49.5 Å². The Balaban J connectivity index is 1.44. The van der Waals surface area contributed by atoms with Gasteiger partial charge in [0.2, 0.25) is 5.91 Å². The van der Waals surface area contributed by atoms with Crippen LogP contribution in [0, 0.1) is 0 Å². The standard InChI is InChI=1S/C18H32IN5O5S/c19-11-16(25)21-6-8-29-10-9-28-7-5-20-15(24-27)4-2-1-3-14-17-13(12-30-14)22-18(26)23-17/h13-14,17,27H,1-12H2,(H,20,24)(H,21,25)(H2,22,23,26). The number of urea groups is 1. The molecule has 2 saturated heterocycles. The molecule has 0 spiro atoms. The number of amides is 3. The first kappa shape index (κ1) is 25.4. The van der Waals surface area contributed by atoms with E-state index in [0.29, 0.717) is 61.5 Å². The molecular formula is C18H32IN5O5S. The predicted molar refractivity (Wildman–Crippen MR) is 125 cm³/mol. The third kappa shape index (κ3) is 9.54. The van der Waals surface area contributed by atoms with E-state index < -0.39 is 0 Å². The van der Waals surface area contributed by atoms with Gasteiger partial charge in [-0.3, -0.25) is 20.5 Å². The maximum atomic E-state index is 11.4. The number of thioether (sulfide) groups is 1. The van der Waals surface area contributed by atoms with Gasteiger partial charge in [0.25, 0.3) is 0 Å². The van der Waals surface area contributed by atoms with Gasteiger partial charge in [-0.15, -0.1) is 0 Å². The number of fused-ring (bicyclic) bond motifs is 1. The van der Waals surface area contributed by atoms with Gasteiger partial charge < -0.3 is 25.4 Å². The van der Waals surface area contributed by atoms with Gasteiger partial charge in [0.15, 0.2) is 0 Å². The topological polar surface area (TPSA) is 133 Å². The van der Waals surface area contributed by atoms with E-state index in [4.69, 9.17) is 9.47 Å².